The van der Waals surface area contributed by atoms with Crippen LogP contribution >= 0.6 is 58.0 Å². The van der Waals surface area contributed by atoms with Crippen LogP contribution in [0.4, 0.5) is 5.69 Å². The number of amides is 1. The average Bonchev–Trinajstić information content (AvgIpc) is 2.43. The lowest BCUT2D eigenvalue weighted by Gasteiger charge is -2.12. The van der Waals surface area contributed by atoms with Gasteiger partial charge in [0.1, 0.15) is 5.75 Å². The number of hydrogen-bond acceptors (Lipinski definition) is 2. The van der Waals surface area contributed by atoms with Crippen LogP contribution in [0.1, 0.15) is 5.56 Å². The summed E-state index contributed by atoms with van der Waals surface area (Å²) in [6, 6.07) is 6.14. The van der Waals surface area contributed by atoms with Gasteiger partial charge in [0, 0.05) is 5.02 Å². The van der Waals surface area contributed by atoms with Gasteiger partial charge in [0.15, 0.2) is 6.61 Å². The van der Waals surface area contributed by atoms with Gasteiger partial charge >= 0.3 is 0 Å². The van der Waals surface area contributed by atoms with Gasteiger partial charge in [-0.25, -0.2) is 0 Å². The van der Waals surface area contributed by atoms with Crippen molar-refractivity contribution in [2.75, 3.05) is 11.9 Å². The second kappa shape index (κ2) is 7.82. The Morgan fingerprint density at radius 1 is 0.957 bits per heavy atom. The summed E-state index contributed by atoms with van der Waals surface area (Å²) in [5.74, 6) is -0.0258. The highest BCUT2D eigenvalue weighted by molar-refractivity contribution is 6.44. The Labute approximate surface area is 158 Å². The highest BCUT2D eigenvalue weighted by atomic mass is 35.5. The normalized spacial score (nSPS) is 10.5. The molecule has 8 heteroatoms. The van der Waals surface area contributed by atoms with Crippen molar-refractivity contribution >= 4 is 69.6 Å². The molecule has 1 amide bonds. The molecule has 2 aromatic carbocycles. The van der Waals surface area contributed by atoms with Crippen molar-refractivity contribution in [3.63, 3.8) is 0 Å². The number of nitrogens with one attached hydrogen (secondary N) is 1. The Morgan fingerprint density at radius 2 is 1.61 bits per heavy atom. The summed E-state index contributed by atoms with van der Waals surface area (Å²) < 4.78 is 5.45. The number of anilines is 1. The maximum atomic E-state index is 12.0. The van der Waals surface area contributed by atoms with E-state index in [1.807, 2.05) is 0 Å². The molecule has 1 N–H and O–H groups in total. The molecule has 0 aliphatic rings. The quantitative estimate of drug-likeness (QED) is 0.599. The van der Waals surface area contributed by atoms with E-state index in [1.165, 1.54) is 12.1 Å². The van der Waals surface area contributed by atoms with Crippen molar-refractivity contribution < 1.29 is 9.53 Å². The second-order valence-electron chi connectivity index (χ2n) is 4.62. The molecule has 0 aromatic heterocycles. The molecule has 0 aliphatic heterocycles. The third-order valence-corrected chi connectivity index (χ3v) is 4.36. The van der Waals surface area contributed by atoms with Gasteiger partial charge in [0.05, 0.1) is 25.8 Å². The molecule has 2 rings (SSSR count). The summed E-state index contributed by atoms with van der Waals surface area (Å²) in [4.78, 5) is 12.0. The molecule has 0 spiro atoms. The van der Waals surface area contributed by atoms with E-state index in [1.54, 1.807) is 19.1 Å². The molecule has 0 unspecified atom stereocenters. The molecule has 0 fully saturated rings. The summed E-state index contributed by atoms with van der Waals surface area (Å²) in [5.41, 5.74) is 1.07. The van der Waals surface area contributed by atoms with Gasteiger partial charge in [-0.1, -0.05) is 58.0 Å². The van der Waals surface area contributed by atoms with Crippen LogP contribution in [0.15, 0.2) is 24.3 Å². The van der Waals surface area contributed by atoms with Crippen LogP contribution in [0, 0.1) is 6.92 Å². The van der Waals surface area contributed by atoms with E-state index < -0.39 is 5.91 Å². The van der Waals surface area contributed by atoms with E-state index in [-0.39, 0.29) is 16.7 Å². The van der Waals surface area contributed by atoms with E-state index in [0.717, 1.165) is 5.56 Å². The van der Waals surface area contributed by atoms with E-state index in [9.17, 15) is 4.79 Å². The molecule has 122 valence electrons. The number of hydrogen-bond donors (Lipinski definition) is 1. The fourth-order valence-corrected chi connectivity index (χ4v) is 3.06. The average molecular weight is 414 g/mol. The minimum atomic E-state index is -0.421. The standard InChI is InChI=1S/C15H10Cl5NO2/c1-7-2-8(16)3-12(20)15(7)23-6-14(22)21-13-5-10(18)9(17)4-11(13)19/h2-5H,6H2,1H3,(H,21,22). The fraction of sp³-hybridized carbons (Fsp3) is 0.133. The second-order valence-corrected chi connectivity index (χ2v) is 6.68. The molecule has 0 aliphatic carbocycles. The van der Waals surface area contributed by atoms with Crippen LogP contribution in [-0.2, 0) is 4.79 Å². The molecule has 2 aromatic rings. The number of aryl methyl sites for hydroxylation is 1. The Bertz CT molecular complexity index is 741. The molecule has 0 saturated heterocycles. The van der Waals surface area contributed by atoms with Gasteiger partial charge in [-0.15, -0.1) is 0 Å². The topological polar surface area (TPSA) is 38.3 Å². The zero-order chi connectivity index (χ0) is 17.1. The summed E-state index contributed by atoms with van der Waals surface area (Å²) in [7, 11) is 0. The van der Waals surface area contributed by atoms with Gasteiger partial charge in [0.25, 0.3) is 5.91 Å². The highest BCUT2D eigenvalue weighted by Crippen LogP contribution is 2.33. The maximum Gasteiger partial charge on any atom is 0.262 e. The van der Waals surface area contributed by atoms with E-state index in [2.05, 4.69) is 5.32 Å². The number of carbonyl (C=O) groups is 1. The predicted octanol–water partition coefficient (Wildman–Crippen LogP) is 6.28. The van der Waals surface area contributed by atoms with Crippen LogP contribution in [0.5, 0.6) is 5.75 Å². The first-order chi connectivity index (χ1) is 10.8. The monoisotopic (exact) mass is 411 g/mol. The molecule has 3 nitrogen and oxygen atoms in total. The SMILES string of the molecule is Cc1cc(Cl)cc(Cl)c1OCC(=O)Nc1cc(Cl)c(Cl)cc1Cl. The molecule has 0 atom stereocenters. The molecule has 0 saturated carbocycles. The summed E-state index contributed by atoms with van der Waals surface area (Å²) >= 11 is 29.7. The molecule has 23 heavy (non-hydrogen) atoms. The summed E-state index contributed by atoms with van der Waals surface area (Å²) in [6.07, 6.45) is 0. The van der Waals surface area contributed by atoms with Crippen molar-refractivity contribution in [2.45, 2.75) is 6.92 Å². The van der Waals surface area contributed by atoms with Gasteiger partial charge < -0.3 is 10.1 Å². The number of halogens is 5. The number of rotatable bonds is 4. The van der Waals surface area contributed by atoms with Crippen LogP contribution < -0.4 is 10.1 Å². The molecule has 0 radical (unpaired) electrons. The van der Waals surface area contributed by atoms with Crippen molar-refractivity contribution in [1.82, 2.24) is 0 Å². The number of carbonyl (C=O) groups excluding carboxylic acids is 1. The van der Waals surface area contributed by atoms with Gasteiger partial charge in [0.2, 0.25) is 0 Å². The zero-order valence-electron chi connectivity index (χ0n) is 11.7. The van der Waals surface area contributed by atoms with Gasteiger partial charge in [-0.05, 0) is 36.8 Å². The minimum Gasteiger partial charge on any atom is -0.482 e. The number of ether oxygens (including phenoxy) is 1. The van der Waals surface area contributed by atoms with Crippen molar-refractivity contribution in [1.29, 1.82) is 0 Å². The summed E-state index contributed by atoms with van der Waals surface area (Å²) in [6.45, 7) is 1.53. The minimum absolute atomic E-state index is 0.251. The van der Waals surface area contributed by atoms with Crippen LogP contribution in [-0.4, -0.2) is 12.5 Å². The largest absolute Gasteiger partial charge is 0.482 e. The van der Waals surface area contributed by atoms with Crippen molar-refractivity contribution in [2.24, 2.45) is 0 Å². The number of benzene rings is 2. The van der Waals surface area contributed by atoms with Crippen molar-refractivity contribution in [3.8, 4) is 5.75 Å². The van der Waals surface area contributed by atoms with Crippen LogP contribution in [0.25, 0.3) is 0 Å². The smallest absolute Gasteiger partial charge is 0.262 e. The van der Waals surface area contributed by atoms with Gasteiger partial charge in [-0.3, -0.25) is 4.79 Å². The van der Waals surface area contributed by atoms with Crippen molar-refractivity contribution in [3.05, 3.63) is 54.9 Å². The highest BCUT2D eigenvalue weighted by Gasteiger charge is 2.12. The Morgan fingerprint density at radius 3 is 2.26 bits per heavy atom. The predicted molar refractivity (Wildman–Crippen MR) is 96.8 cm³/mol. The molecular formula is C15H10Cl5NO2. The lowest BCUT2D eigenvalue weighted by atomic mass is 10.2. The molecule has 0 bridgehead atoms. The third-order valence-electron chi connectivity index (χ3n) is 2.83. The first kappa shape index (κ1) is 18.5. The molecule has 0 heterocycles. The lowest BCUT2D eigenvalue weighted by molar-refractivity contribution is -0.118. The zero-order valence-corrected chi connectivity index (χ0v) is 15.5. The van der Waals surface area contributed by atoms with Gasteiger partial charge in [-0.2, -0.15) is 0 Å². The first-order valence-corrected chi connectivity index (χ1v) is 8.19. The Kier molecular flexibility index (Phi) is 6.29. The first-order valence-electron chi connectivity index (χ1n) is 6.30. The fourth-order valence-electron chi connectivity index (χ4n) is 1.81. The molecular weight excluding hydrogens is 403 g/mol. The van der Waals surface area contributed by atoms with E-state index in [0.29, 0.717) is 26.5 Å². The van der Waals surface area contributed by atoms with E-state index in [4.69, 9.17) is 62.7 Å². The Hall–Kier alpha value is -0.840. The third kappa shape index (κ3) is 4.82. The van der Waals surface area contributed by atoms with E-state index >= 15 is 0 Å². The van der Waals surface area contributed by atoms with Crippen LogP contribution in [0.2, 0.25) is 25.1 Å². The maximum absolute atomic E-state index is 12.0. The Balaban J connectivity index is 2.05. The van der Waals surface area contributed by atoms with Crippen LogP contribution in [0.3, 0.4) is 0 Å². The lowest BCUT2D eigenvalue weighted by Crippen LogP contribution is -2.20. The summed E-state index contributed by atoms with van der Waals surface area (Å²) in [5, 5.41) is 4.27.